The van der Waals surface area contributed by atoms with Crippen molar-refractivity contribution in [2.75, 3.05) is 49.6 Å². The van der Waals surface area contributed by atoms with Gasteiger partial charge in [0.25, 0.3) is 11.5 Å². The molecule has 12 heteroatoms. The highest BCUT2D eigenvalue weighted by Crippen LogP contribution is 2.43. The van der Waals surface area contributed by atoms with Crippen LogP contribution in [0.25, 0.3) is 10.5 Å². The number of fused-ring (bicyclic) bond motifs is 1. The van der Waals surface area contributed by atoms with Crippen LogP contribution in [-0.2, 0) is 6.42 Å². The third-order valence-corrected chi connectivity index (χ3v) is 8.39. The fraction of sp³-hybridized carbons (Fsp3) is 0.519. The Kier molecular flexibility index (Phi) is 6.76. The third kappa shape index (κ3) is 5.10. The van der Waals surface area contributed by atoms with Crippen molar-refractivity contribution in [2.24, 2.45) is 5.41 Å². The number of aromatic nitrogens is 4. The van der Waals surface area contributed by atoms with Crippen molar-refractivity contribution in [1.29, 1.82) is 5.26 Å². The van der Waals surface area contributed by atoms with Crippen LogP contribution < -0.4 is 10.2 Å². The van der Waals surface area contributed by atoms with Crippen molar-refractivity contribution in [1.82, 2.24) is 24.5 Å². The number of β-amino-alcohol motifs (C(OH)–C–C–N with tert-alkyl or cyclic N) is 1. The Bertz CT molecular complexity index is 1480. The molecule has 1 aromatic carbocycles. The lowest BCUT2D eigenvalue weighted by Gasteiger charge is -2.54. The molecular weight excluding hydrogens is 521 g/mol. The van der Waals surface area contributed by atoms with Crippen LogP contribution in [0.3, 0.4) is 0 Å². The number of benzene rings is 1. The second-order valence-electron chi connectivity index (χ2n) is 11.0. The first-order valence-electron chi connectivity index (χ1n) is 13.2. The lowest BCUT2D eigenvalue weighted by Crippen LogP contribution is -2.61. The molecule has 6 rings (SSSR count). The molecule has 2 saturated heterocycles. The molecule has 1 aliphatic carbocycles. The van der Waals surface area contributed by atoms with Crippen LogP contribution >= 0.6 is 11.6 Å². The number of halogens is 2. The van der Waals surface area contributed by atoms with Crippen LogP contribution in [-0.4, -0.2) is 81.1 Å². The van der Waals surface area contributed by atoms with E-state index in [4.69, 9.17) is 23.2 Å². The minimum Gasteiger partial charge on any atom is -0.389 e. The number of nitrogens with one attached hydrogen (secondary N) is 1. The summed E-state index contributed by atoms with van der Waals surface area (Å²) < 4.78 is 14.2. The van der Waals surface area contributed by atoms with Gasteiger partial charge in [-0.2, -0.15) is 5.26 Å². The number of likely N-dealkylation sites (tertiary alicyclic amines) is 1. The van der Waals surface area contributed by atoms with Crippen molar-refractivity contribution in [2.45, 2.75) is 44.2 Å². The molecule has 1 spiro atoms. The van der Waals surface area contributed by atoms with Gasteiger partial charge in [-0.25, -0.2) is 14.4 Å². The number of aliphatic hydroxyl groups is 1. The van der Waals surface area contributed by atoms with Gasteiger partial charge in [0.15, 0.2) is 11.6 Å². The number of nitrogens with zero attached hydrogens (tertiary/aromatic N) is 8. The number of aliphatic hydroxyl groups excluding tert-OH is 1. The van der Waals surface area contributed by atoms with Gasteiger partial charge in [0.2, 0.25) is 0 Å². The molecule has 0 amide bonds. The van der Waals surface area contributed by atoms with Crippen molar-refractivity contribution in [3.05, 3.63) is 51.7 Å². The highest BCUT2D eigenvalue weighted by atomic mass is 35.5. The molecule has 3 fully saturated rings. The Hall–Kier alpha value is -3.51. The van der Waals surface area contributed by atoms with Crippen LogP contribution in [0.1, 0.15) is 42.6 Å². The van der Waals surface area contributed by atoms with Gasteiger partial charge >= 0.3 is 0 Å². The standard InChI is InChI=1S/C27H29ClFN9O/c1-31-23-13-32-26-25(33-19-2-3-19)34-22(35-38(23)26)10-18-8-17(12-30)9-21(24(18)28)37-6-4-27(5-7-37)15-36(16-27)14-20(39)11-29/h8-9,13,19-20,39H,2-7,10-11,14-16H2,(H,33,34,35). The first kappa shape index (κ1) is 25.8. The van der Waals surface area contributed by atoms with Gasteiger partial charge in [-0.05, 0) is 48.8 Å². The number of nitriles is 1. The average molecular weight is 550 g/mol. The second kappa shape index (κ2) is 10.2. The van der Waals surface area contributed by atoms with E-state index in [0.29, 0.717) is 52.7 Å². The van der Waals surface area contributed by atoms with Gasteiger partial charge in [-0.15, -0.1) is 4.52 Å². The number of piperidine rings is 1. The van der Waals surface area contributed by atoms with Crippen LogP contribution in [0.2, 0.25) is 5.02 Å². The molecule has 3 aliphatic rings. The van der Waals surface area contributed by atoms with E-state index in [9.17, 15) is 14.8 Å². The summed E-state index contributed by atoms with van der Waals surface area (Å²) in [5.41, 5.74) is 2.80. The largest absolute Gasteiger partial charge is 0.389 e. The number of rotatable bonds is 8. The molecule has 0 bridgehead atoms. The zero-order valence-corrected chi connectivity index (χ0v) is 22.2. The van der Waals surface area contributed by atoms with Gasteiger partial charge < -0.3 is 20.2 Å². The van der Waals surface area contributed by atoms with Crippen molar-refractivity contribution < 1.29 is 9.50 Å². The Labute approximate surface area is 230 Å². The monoisotopic (exact) mass is 549 g/mol. The Morgan fingerprint density at radius 3 is 2.74 bits per heavy atom. The minimum absolute atomic E-state index is 0.189. The van der Waals surface area contributed by atoms with Crippen LogP contribution in [0.4, 0.5) is 21.7 Å². The average Bonchev–Trinajstić information content (AvgIpc) is 3.65. The quantitative estimate of drug-likeness (QED) is 0.410. The summed E-state index contributed by atoms with van der Waals surface area (Å²) in [4.78, 5) is 16.9. The lowest BCUT2D eigenvalue weighted by molar-refractivity contribution is -0.0449. The van der Waals surface area contributed by atoms with Crippen molar-refractivity contribution in [3.63, 3.8) is 0 Å². The van der Waals surface area contributed by atoms with E-state index in [0.717, 1.165) is 63.1 Å². The summed E-state index contributed by atoms with van der Waals surface area (Å²) in [7, 11) is 0. The molecule has 4 heterocycles. The van der Waals surface area contributed by atoms with Crippen LogP contribution in [0, 0.1) is 23.3 Å². The normalized spacial score (nSPS) is 19.5. The topological polar surface area (TPSA) is 110 Å². The first-order chi connectivity index (χ1) is 18.9. The van der Waals surface area contributed by atoms with Gasteiger partial charge in [-0.1, -0.05) is 23.3 Å². The fourth-order valence-corrected chi connectivity index (χ4v) is 6.06. The molecule has 2 aromatic heterocycles. The number of hydrogen-bond acceptors (Lipinski definition) is 8. The van der Waals surface area contributed by atoms with E-state index < -0.39 is 12.8 Å². The predicted octanol–water partition coefficient (Wildman–Crippen LogP) is 3.60. The molecule has 2 N–H and O–H groups in total. The molecule has 10 nitrogen and oxygen atoms in total. The zero-order valence-electron chi connectivity index (χ0n) is 21.4. The summed E-state index contributed by atoms with van der Waals surface area (Å²) in [6, 6.07) is 6.23. The predicted molar refractivity (Wildman–Crippen MR) is 145 cm³/mol. The summed E-state index contributed by atoms with van der Waals surface area (Å²) in [5, 5.41) is 27.9. The Morgan fingerprint density at radius 2 is 2.08 bits per heavy atom. The Balaban J connectivity index is 1.23. The third-order valence-electron chi connectivity index (χ3n) is 7.96. The van der Waals surface area contributed by atoms with Gasteiger partial charge in [-0.3, -0.25) is 4.90 Å². The van der Waals surface area contributed by atoms with Gasteiger partial charge in [0.05, 0.1) is 34.6 Å². The van der Waals surface area contributed by atoms with Gasteiger partial charge in [0.1, 0.15) is 6.67 Å². The molecule has 2 aliphatic heterocycles. The van der Waals surface area contributed by atoms with E-state index in [-0.39, 0.29) is 5.41 Å². The molecule has 39 heavy (non-hydrogen) atoms. The molecule has 0 radical (unpaired) electrons. The Morgan fingerprint density at radius 1 is 1.31 bits per heavy atom. The van der Waals surface area contributed by atoms with Crippen molar-refractivity contribution in [3.8, 4) is 6.07 Å². The minimum atomic E-state index is -0.916. The molecule has 1 saturated carbocycles. The highest BCUT2D eigenvalue weighted by Gasteiger charge is 2.45. The number of anilines is 2. The zero-order chi connectivity index (χ0) is 27.1. The summed E-state index contributed by atoms with van der Waals surface area (Å²) in [5.74, 6) is 1.39. The van der Waals surface area contributed by atoms with Crippen molar-refractivity contribution >= 4 is 34.6 Å². The SMILES string of the molecule is [C-]#[N+]c1cnc2c(NC3CC3)nc(Cc3cc(C#N)cc(N4CCC5(CC4)CN(CC(O)CF)C5)c3Cl)nn12. The lowest BCUT2D eigenvalue weighted by atomic mass is 9.72. The summed E-state index contributed by atoms with van der Waals surface area (Å²) >= 11 is 6.96. The van der Waals surface area contributed by atoms with E-state index in [2.05, 4.69) is 36.1 Å². The maximum atomic E-state index is 12.7. The van der Waals surface area contributed by atoms with Crippen LogP contribution in [0.15, 0.2) is 18.3 Å². The van der Waals surface area contributed by atoms with E-state index in [1.807, 2.05) is 6.07 Å². The summed E-state index contributed by atoms with van der Waals surface area (Å²) in [6.07, 6.45) is 4.94. The highest BCUT2D eigenvalue weighted by molar-refractivity contribution is 6.34. The van der Waals surface area contributed by atoms with Gasteiger partial charge in [0, 0.05) is 45.2 Å². The number of imidazole rings is 1. The fourth-order valence-electron chi connectivity index (χ4n) is 5.76. The van der Waals surface area contributed by atoms with E-state index >= 15 is 0 Å². The molecule has 3 aromatic rings. The van der Waals surface area contributed by atoms with Crippen LogP contribution in [0.5, 0.6) is 0 Å². The molecular formula is C27H29ClFN9O. The first-order valence-corrected chi connectivity index (χ1v) is 13.6. The maximum absolute atomic E-state index is 12.7. The number of alkyl halides is 1. The summed E-state index contributed by atoms with van der Waals surface area (Å²) in [6.45, 7) is 10.5. The number of hydrogen-bond donors (Lipinski definition) is 2. The van der Waals surface area contributed by atoms with E-state index in [1.165, 1.54) is 10.7 Å². The second-order valence-corrected chi connectivity index (χ2v) is 11.4. The molecule has 1 atom stereocenters. The smallest absolute Gasteiger partial charge is 0.275 e. The maximum Gasteiger partial charge on any atom is 0.275 e. The molecule has 202 valence electrons. The van der Waals surface area contributed by atoms with E-state index in [1.54, 1.807) is 6.07 Å². The molecule has 1 unspecified atom stereocenters.